The van der Waals surface area contributed by atoms with Crippen LogP contribution >= 0.6 is 0 Å². The summed E-state index contributed by atoms with van der Waals surface area (Å²) in [6, 6.07) is 0. The molecule has 0 fully saturated rings. The molecule has 0 atom stereocenters. The van der Waals surface area contributed by atoms with E-state index in [9.17, 15) is 4.79 Å². The summed E-state index contributed by atoms with van der Waals surface area (Å²) in [7, 11) is 3.91. The molecule has 1 amide bonds. The lowest BCUT2D eigenvalue weighted by Gasteiger charge is -2.16. The lowest BCUT2D eigenvalue weighted by Crippen LogP contribution is -2.36. The number of carbonyl (C=O) groups excluding carboxylic acids is 1. The molecule has 5 nitrogen and oxygen atoms in total. The molecule has 0 aromatic carbocycles. The molecule has 0 aromatic rings. The van der Waals surface area contributed by atoms with Crippen molar-refractivity contribution < 1.29 is 9.53 Å². The van der Waals surface area contributed by atoms with Crippen LogP contribution in [0.25, 0.3) is 0 Å². The number of rotatable bonds is 11. The Morgan fingerprint density at radius 3 is 2.61 bits per heavy atom. The van der Waals surface area contributed by atoms with E-state index in [0.717, 1.165) is 25.9 Å². The molecule has 0 aliphatic heterocycles. The second-order valence-electron chi connectivity index (χ2n) is 4.82. The smallest absolute Gasteiger partial charge is 0.234 e. The van der Waals surface area contributed by atoms with Gasteiger partial charge in [-0.2, -0.15) is 0 Å². The molecule has 18 heavy (non-hydrogen) atoms. The molecule has 0 radical (unpaired) electrons. The summed E-state index contributed by atoms with van der Waals surface area (Å²) in [4.78, 5) is 13.6. The largest absolute Gasteiger partial charge is 0.379 e. The number of amides is 1. The Kier molecular flexibility index (Phi) is 11.0. The van der Waals surface area contributed by atoms with E-state index < -0.39 is 0 Å². The first-order valence-corrected chi connectivity index (χ1v) is 6.77. The van der Waals surface area contributed by atoms with Gasteiger partial charge in [-0.15, -0.1) is 0 Å². The van der Waals surface area contributed by atoms with E-state index in [1.165, 1.54) is 0 Å². The number of nitrogens with one attached hydrogen (secondary N) is 2. The van der Waals surface area contributed by atoms with Crippen molar-refractivity contribution in [1.29, 1.82) is 0 Å². The maximum atomic E-state index is 11.6. The molecular formula is C13H29N3O2. The lowest BCUT2D eigenvalue weighted by molar-refractivity contribution is -0.122. The van der Waals surface area contributed by atoms with Crippen LogP contribution in [0, 0.1) is 0 Å². The number of likely N-dealkylation sites (N-methyl/N-ethyl adjacent to an activating group) is 1. The fourth-order valence-corrected chi connectivity index (χ4v) is 1.52. The first kappa shape index (κ1) is 17.4. The molecule has 0 rings (SSSR count). The third-order valence-electron chi connectivity index (χ3n) is 2.47. The summed E-state index contributed by atoms with van der Waals surface area (Å²) < 4.78 is 5.40. The first-order chi connectivity index (χ1) is 8.56. The summed E-state index contributed by atoms with van der Waals surface area (Å²) in [6.07, 6.45) is 2.19. The van der Waals surface area contributed by atoms with Gasteiger partial charge in [-0.1, -0.05) is 0 Å². The molecule has 0 bridgehead atoms. The van der Waals surface area contributed by atoms with E-state index in [0.29, 0.717) is 19.7 Å². The Hall–Kier alpha value is -0.650. The topological polar surface area (TPSA) is 53.6 Å². The van der Waals surface area contributed by atoms with Crippen LogP contribution in [0.2, 0.25) is 0 Å². The minimum atomic E-state index is 0.0894. The molecule has 0 saturated heterocycles. The maximum absolute atomic E-state index is 11.6. The average Bonchev–Trinajstić information content (AvgIpc) is 2.28. The van der Waals surface area contributed by atoms with Crippen LogP contribution in [0.3, 0.4) is 0 Å². The summed E-state index contributed by atoms with van der Waals surface area (Å²) in [6.45, 7) is 7.81. The van der Waals surface area contributed by atoms with Gasteiger partial charge in [-0.25, -0.2) is 0 Å². The molecule has 0 heterocycles. The van der Waals surface area contributed by atoms with Crippen molar-refractivity contribution in [2.75, 3.05) is 46.9 Å². The number of nitrogens with zero attached hydrogens (tertiary/aromatic N) is 1. The zero-order valence-corrected chi connectivity index (χ0v) is 12.3. The number of ether oxygens (including phenoxy) is 1. The normalized spacial score (nSPS) is 11.2. The van der Waals surface area contributed by atoms with E-state index in [-0.39, 0.29) is 12.0 Å². The van der Waals surface area contributed by atoms with Crippen molar-refractivity contribution in [2.24, 2.45) is 0 Å². The SMILES string of the molecule is CNCCCN(C)CC(=O)NCCCOC(C)C. The maximum Gasteiger partial charge on any atom is 0.234 e. The predicted molar refractivity (Wildman–Crippen MR) is 74.8 cm³/mol. The van der Waals surface area contributed by atoms with Gasteiger partial charge >= 0.3 is 0 Å². The Morgan fingerprint density at radius 2 is 2.00 bits per heavy atom. The molecule has 0 saturated carbocycles. The fraction of sp³-hybridized carbons (Fsp3) is 0.923. The molecule has 108 valence electrons. The molecule has 0 aliphatic rings. The van der Waals surface area contributed by atoms with Gasteiger partial charge < -0.3 is 15.4 Å². The quantitative estimate of drug-likeness (QED) is 0.529. The number of hydrogen-bond donors (Lipinski definition) is 2. The molecule has 0 spiro atoms. The van der Waals surface area contributed by atoms with Gasteiger partial charge in [-0.3, -0.25) is 9.69 Å². The minimum Gasteiger partial charge on any atom is -0.379 e. The van der Waals surface area contributed by atoms with E-state index in [1.54, 1.807) is 0 Å². The zero-order valence-electron chi connectivity index (χ0n) is 12.3. The highest BCUT2D eigenvalue weighted by Crippen LogP contribution is 1.90. The third-order valence-corrected chi connectivity index (χ3v) is 2.47. The Morgan fingerprint density at radius 1 is 1.28 bits per heavy atom. The number of hydrogen-bond acceptors (Lipinski definition) is 4. The molecule has 5 heteroatoms. The van der Waals surface area contributed by atoms with Gasteiger partial charge in [0.25, 0.3) is 0 Å². The van der Waals surface area contributed by atoms with Crippen LogP contribution in [0.15, 0.2) is 0 Å². The molecule has 0 unspecified atom stereocenters. The molecule has 2 N–H and O–H groups in total. The van der Waals surface area contributed by atoms with Crippen LogP contribution in [-0.4, -0.2) is 63.8 Å². The Labute approximate surface area is 111 Å². The average molecular weight is 259 g/mol. The van der Waals surface area contributed by atoms with Gasteiger partial charge in [0.05, 0.1) is 12.6 Å². The summed E-state index contributed by atoms with van der Waals surface area (Å²) >= 11 is 0. The second-order valence-corrected chi connectivity index (χ2v) is 4.82. The van der Waals surface area contributed by atoms with Gasteiger partial charge in [-0.05, 0) is 53.9 Å². The molecular weight excluding hydrogens is 230 g/mol. The van der Waals surface area contributed by atoms with E-state index in [2.05, 4.69) is 10.6 Å². The molecule has 0 aliphatic carbocycles. The van der Waals surface area contributed by atoms with Crippen LogP contribution in [-0.2, 0) is 9.53 Å². The Bertz CT molecular complexity index is 210. The molecule has 0 aromatic heterocycles. The van der Waals surface area contributed by atoms with Crippen molar-refractivity contribution in [3.8, 4) is 0 Å². The van der Waals surface area contributed by atoms with Crippen molar-refractivity contribution in [1.82, 2.24) is 15.5 Å². The van der Waals surface area contributed by atoms with Crippen LogP contribution in [0.1, 0.15) is 26.7 Å². The number of carbonyl (C=O) groups is 1. The summed E-state index contributed by atoms with van der Waals surface area (Å²) in [5.41, 5.74) is 0. The highest BCUT2D eigenvalue weighted by molar-refractivity contribution is 5.77. The zero-order chi connectivity index (χ0) is 13.8. The monoisotopic (exact) mass is 259 g/mol. The van der Waals surface area contributed by atoms with E-state index >= 15 is 0 Å². The van der Waals surface area contributed by atoms with E-state index in [4.69, 9.17) is 4.74 Å². The van der Waals surface area contributed by atoms with Gasteiger partial charge in [0.2, 0.25) is 5.91 Å². The van der Waals surface area contributed by atoms with Crippen LogP contribution in [0.5, 0.6) is 0 Å². The van der Waals surface area contributed by atoms with Gasteiger partial charge in [0, 0.05) is 13.2 Å². The van der Waals surface area contributed by atoms with Crippen molar-refractivity contribution >= 4 is 5.91 Å². The highest BCUT2D eigenvalue weighted by Gasteiger charge is 2.05. The van der Waals surface area contributed by atoms with Crippen molar-refractivity contribution in [2.45, 2.75) is 32.8 Å². The van der Waals surface area contributed by atoms with Gasteiger partial charge in [0.15, 0.2) is 0 Å². The second kappa shape index (κ2) is 11.4. The fourth-order valence-electron chi connectivity index (χ4n) is 1.52. The third kappa shape index (κ3) is 11.8. The Balaban J connectivity index is 3.41. The summed E-state index contributed by atoms with van der Waals surface area (Å²) in [5, 5.41) is 5.99. The standard InChI is InChI=1S/C13H29N3O2/c1-12(2)18-10-6-8-15-13(17)11-16(4)9-5-7-14-3/h12,14H,5-11H2,1-4H3,(H,15,17). The lowest BCUT2D eigenvalue weighted by atomic mass is 10.3. The van der Waals surface area contributed by atoms with Gasteiger partial charge in [0.1, 0.15) is 0 Å². The van der Waals surface area contributed by atoms with Crippen molar-refractivity contribution in [3.05, 3.63) is 0 Å². The van der Waals surface area contributed by atoms with Crippen LogP contribution in [0.4, 0.5) is 0 Å². The predicted octanol–water partition coefficient (Wildman–Crippen LogP) is 0.459. The van der Waals surface area contributed by atoms with Crippen LogP contribution < -0.4 is 10.6 Å². The summed E-state index contributed by atoms with van der Waals surface area (Å²) in [5.74, 6) is 0.0894. The minimum absolute atomic E-state index is 0.0894. The first-order valence-electron chi connectivity index (χ1n) is 6.77. The van der Waals surface area contributed by atoms with E-state index in [1.807, 2.05) is 32.8 Å². The highest BCUT2D eigenvalue weighted by atomic mass is 16.5. The van der Waals surface area contributed by atoms with Crippen molar-refractivity contribution in [3.63, 3.8) is 0 Å².